The predicted octanol–water partition coefficient (Wildman–Crippen LogP) is 1.17. The van der Waals surface area contributed by atoms with E-state index in [-0.39, 0.29) is 6.61 Å². The summed E-state index contributed by atoms with van der Waals surface area (Å²) in [5.74, 6) is -0.375. The average Bonchev–Trinajstić information content (AvgIpc) is 3.13. The minimum Gasteiger partial charge on any atom is -0.485 e. The molecule has 2 atom stereocenters. The van der Waals surface area contributed by atoms with Gasteiger partial charge in [0.05, 0.1) is 5.92 Å². The van der Waals surface area contributed by atoms with Crippen molar-refractivity contribution in [2.75, 3.05) is 6.61 Å². The van der Waals surface area contributed by atoms with Crippen LogP contribution in [0.15, 0.2) is 24.3 Å². The van der Waals surface area contributed by atoms with Gasteiger partial charge in [-0.1, -0.05) is 12.1 Å². The minimum absolute atomic E-state index is 0.0666. The summed E-state index contributed by atoms with van der Waals surface area (Å²) in [6.07, 6.45) is -0.468. The Hall–Kier alpha value is -1.66. The van der Waals surface area contributed by atoms with Crippen LogP contribution in [-0.2, 0) is 9.59 Å². The van der Waals surface area contributed by atoms with Gasteiger partial charge in [-0.3, -0.25) is 20.4 Å². The van der Waals surface area contributed by atoms with E-state index >= 15 is 0 Å². The molecule has 3 rings (SSSR count). The number of hydrazine groups is 1. The Bertz CT molecular complexity index is 593. The van der Waals surface area contributed by atoms with E-state index in [4.69, 9.17) is 32.7 Å². The number of carbonyl (C=O) groups is 2. The summed E-state index contributed by atoms with van der Waals surface area (Å²) in [5.41, 5.74) is 4.56. The summed E-state index contributed by atoms with van der Waals surface area (Å²) >= 11 is 11.5. The van der Waals surface area contributed by atoms with Crippen LogP contribution in [0.25, 0.3) is 0 Å². The zero-order valence-corrected chi connectivity index (χ0v) is 12.3. The van der Waals surface area contributed by atoms with Crippen molar-refractivity contribution in [2.45, 2.75) is 16.9 Å². The standard InChI is InChI=1S/C13H12Cl2N2O4/c14-13(15)5-7(13)11(18)16-17-12(19)10-6-20-8-3-1-2-4-9(8)21-10/h1-4,7,10H,5-6H2,(H,16,18)(H,17,19)/t7-,10+/m1/s1. The highest BCUT2D eigenvalue weighted by atomic mass is 35.5. The first-order valence-corrected chi connectivity index (χ1v) is 7.09. The number of rotatable bonds is 2. The molecule has 1 saturated carbocycles. The molecule has 2 N–H and O–H groups in total. The van der Waals surface area contributed by atoms with Crippen LogP contribution < -0.4 is 20.3 Å². The van der Waals surface area contributed by atoms with Crippen molar-refractivity contribution in [1.82, 2.24) is 10.9 Å². The lowest BCUT2D eigenvalue weighted by atomic mass is 10.2. The van der Waals surface area contributed by atoms with Gasteiger partial charge in [0.1, 0.15) is 10.9 Å². The van der Waals surface area contributed by atoms with Crippen molar-refractivity contribution in [3.8, 4) is 11.5 Å². The quantitative estimate of drug-likeness (QED) is 0.630. The molecule has 0 spiro atoms. The minimum atomic E-state index is -1.03. The first-order valence-electron chi connectivity index (χ1n) is 6.33. The fraction of sp³-hybridized carbons (Fsp3) is 0.385. The number of fused-ring (bicyclic) bond motifs is 1. The highest BCUT2D eigenvalue weighted by Crippen LogP contribution is 2.53. The summed E-state index contributed by atoms with van der Waals surface area (Å²) in [4.78, 5) is 23.6. The van der Waals surface area contributed by atoms with Crippen LogP contribution in [0.2, 0.25) is 0 Å². The first kappa shape index (κ1) is 14.3. The highest BCUT2D eigenvalue weighted by molar-refractivity contribution is 6.52. The van der Waals surface area contributed by atoms with Crippen LogP contribution in [0.1, 0.15) is 6.42 Å². The number of para-hydroxylation sites is 2. The Balaban J connectivity index is 1.52. The lowest BCUT2D eigenvalue weighted by Crippen LogP contribution is -2.51. The number of amides is 2. The molecule has 0 bridgehead atoms. The zero-order valence-electron chi connectivity index (χ0n) is 10.8. The van der Waals surface area contributed by atoms with Gasteiger partial charge in [-0.2, -0.15) is 0 Å². The van der Waals surface area contributed by atoms with Crippen molar-refractivity contribution in [2.24, 2.45) is 5.92 Å². The third-order valence-corrected chi connectivity index (χ3v) is 4.09. The number of benzene rings is 1. The molecule has 0 unspecified atom stereocenters. The molecule has 6 nitrogen and oxygen atoms in total. The van der Waals surface area contributed by atoms with Gasteiger partial charge in [0.2, 0.25) is 12.0 Å². The molecule has 0 radical (unpaired) electrons. The van der Waals surface area contributed by atoms with Crippen molar-refractivity contribution < 1.29 is 19.1 Å². The number of halogens is 2. The van der Waals surface area contributed by atoms with Crippen molar-refractivity contribution in [3.63, 3.8) is 0 Å². The Morgan fingerprint density at radius 3 is 2.43 bits per heavy atom. The van der Waals surface area contributed by atoms with Crippen LogP contribution >= 0.6 is 23.2 Å². The van der Waals surface area contributed by atoms with E-state index in [0.29, 0.717) is 17.9 Å². The van der Waals surface area contributed by atoms with Crippen LogP contribution in [0.3, 0.4) is 0 Å². The normalized spacial score (nSPS) is 24.9. The molecule has 1 fully saturated rings. The summed E-state index contributed by atoms with van der Waals surface area (Å²) < 4.78 is 9.89. The topological polar surface area (TPSA) is 76.7 Å². The number of hydrogen-bond acceptors (Lipinski definition) is 4. The SMILES string of the molecule is O=C(NNC(=O)[C@H]1CC1(Cl)Cl)[C@@H]1COc2ccccc2O1. The maximum absolute atomic E-state index is 11.9. The molecule has 0 aromatic heterocycles. The van der Waals surface area contributed by atoms with Gasteiger partial charge >= 0.3 is 0 Å². The van der Waals surface area contributed by atoms with Gasteiger partial charge in [0, 0.05) is 0 Å². The molecule has 8 heteroatoms. The van der Waals surface area contributed by atoms with Crippen LogP contribution in [-0.4, -0.2) is 28.9 Å². The molecular weight excluding hydrogens is 319 g/mol. The maximum Gasteiger partial charge on any atom is 0.283 e. The van der Waals surface area contributed by atoms with E-state index in [1.807, 2.05) is 6.07 Å². The van der Waals surface area contributed by atoms with Crippen molar-refractivity contribution in [3.05, 3.63) is 24.3 Å². The van der Waals surface area contributed by atoms with E-state index in [0.717, 1.165) is 0 Å². The second-order valence-corrected chi connectivity index (χ2v) is 6.40. The summed E-state index contributed by atoms with van der Waals surface area (Å²) in [6.45, 7) is 0.0666. The monoisotopic (exact) mass is 330 g/mol. The number of hydrogen-bond donors (Lipinski definition) is 2. The van der Waals surface area contributed by atoms with Crippen LogP contribution in [0.4, 0.5) is 0 Å². The Morgan fingerprint density at radius 2 is 1.76 bits per heavy atom. The molecule has 21 heavy (non-hydrogen) atoms. The second-order valence-electron chi connectivity index (χ2n) is 4.86. The lowest BCUT2D eigenvalue weighted by molar-refractivity contribution is -0.135. The van der Waals surface area contributed by atoms with Gasteiger partial charge in [-0.25, -0.2) is 0 Å². The maximum atomic E-state index is 11.9. The van der Waals surface area contributed by atoms with Gasteiger partial charge in [-0.05, 0) is 18.6 Å². The second kappa shape index (κ2) is 5.27. The highest BCUT2D eigenvalue weighted by Gasteiger charge is 2.56. The molecule has 2 amide bonds. The van der Waals surface area contributed by atoms with E-state index in [2.05, 4.69) is 10.9 Å². The third-order valence-electron chi connectivity index (χ3n) is 3.25. The lowest BCUT2D eigenvalue weighted by Gasteiger charge is -2.25. The zero-order chi connectivity index (χ0) is 15.0. The third kappa shape index (κ3) is 3.01. The summed E-state index contributed by atoms with van der Waals surface area (Å²) in [5, 5.41) is 0. The molecule has 1 aliphatic heterocycles. The van der Waals surface area contributed by atoms with Gasteiger partial charge in [0.25, 0.3) is 5.91 Å². The van der Waals surface area contributed by atoms with E-state index in [1.54, 1.807) is 18.2 Å². The van der Waals surface area contributed by atoms with Crippen molar-refractivity contribution >= 4 is 35.0 Å². The molecule has 1 heterocycles. The molecule has 1 aromatic carbocycles. The summed E-state index contributed by atoms with van der Waals surface area (Å²) in [6, 6.07) is 7.03. The number of carbonyl (C=O) groups excluding carboxylic acids is 2. The fourth-order valence-corrected chi connectivity index (χ4v) is 2.44. The molecule has 1 aliphatic carbocycles. The number of ether oxygens (including phenoxy) is 2. The van der Waals surface area contributed by atoms with E-state index in [9.17, 15) is 9.59 Å². The molecule has 0 saturated heterocycles. The molecule has 112 valence electrons. The largest absolute Gasteiger partial charge is 0.485 e. The average molecular weight is 331 g/mol. The molecular formula is C13H12Cl2N2O4. The van der Waals surface area contributed by atoms with E-state index < -0.39 is 28.2 Å². The van der Waals surface area contributed by atoms with E-state index in [1.165, 1.54) is 0 Å². The smallest absolute Gasteiger partial charge is 0.283 e. The van der Waals surface area contributed by atoms with Crippen LogP contribution in [0.5, 0.6) is 11.5 Å². The number of nitrogens with one attached hydrogen (secondary N) is 2. The van der Waals surface area contributed by atoms with Crippen molar-refractivity contribution in [1.29, 1.82) is 0 Å². The molecule has 2 aliphatic rings. The Morgan fingerprint density at radius 1 is 1.14 bits per heavy atom. The predicted molar refractivity (Wildman–Crippen MR) is 75.2 cm³/mol. The van der Waals surface area contributed by atoms with Gasteiger partial charge in [0.15, 0.2) is 11.5 Å². The molecule has 1 aromatic rings. The first-order chi connectivity index (χ1) is 9.97. The number of alkyl halides is 2. The Labute approximate surface area is 130 Å². The van der Waals surface area contributed by atoms with Gasteiger partial charge in [-0.15, -0.1) is 23.2 Å². The fourth-order valence-electron chi connectivity index (χ4n) is 1.94. The van der Waals surface area contributed by atoms with Crippen LogP contribution in [0, 0.1) is 5.92 Å². The Kier molecular flexibility index (Phi) is 3.59. The van der Waals surface area contributed by atoms with Gasteiger partial charge < -0.3 is 9.47 Å². The summed E-state index contributed by atoms with van der Waals surface area (Å²) in [7, 11) is 0.